The van der Waals surface area contributed by atoms with Crippen molar-refractivity contribution >= 4 is 22.7 Å². The summed E-state index contributed by atoms with van der Waals surface area (Å²) < 4.78 is 0. The number of aliphatic hydroxyl groups is 1. The number of benzene rings is 1. The highest BCUT2D eigenvalue weighted by molar-refractivity contribution is 8.14. The maximum absolute atomic E-state index is 11.3. The molecule has 0 radical (unpaired) electrons. The third-order valence-electron chi connectivity index (χ3n) is 4.08. The van der Waals surface area contributed by atoms with Crippen LogP contribution >= 0.6 is 11.8 Å². The summed E-state index contributed by atoms with van der Waals surface area (Å²) in [6, 6.07) is 13.7. The minimum absolute atomic E-state index is 0.519. The number of thioether (sulfide) groups is 1. The van der Waals surface area contributed by atoms with Crippen molar-refractivity contribution in [2.45, 2.75) is 19.1 Å². The Labute approximate surface area is 147 Å². The van der Waals surface area contributed by atoms with E-state index in [1.54, 1.807) is 12.3 Å². The molecule has 0 bridgehead atoms. The van der Waals surface area contributed by atoms with Crippen LogP contribution in [-0.4, -0.2) is 32.5 Å². The van der Waals surface area contributed by atoms with E-state index in [4.69, 9.17) is 0 Å². The van der Waals surface area contributed by atoms with Gasteiger partial charge in [0.25, 0.3) is 0 Å². The smallest absolute Gasteiger partial charge is 0.175 e. The number of hydrogen-bond donors (Lipinski definition) is 1. The average Bonchev–Trinajstić information content (AvgIpc) is 2.94. The SMILES string of the molecule is C=CCN1C(=Nc2ccccn2)SCC1(O)c1ccc(CC)cc1. The number of pyridine rings is 1. The molecule has 124 valence electrons. The van der Waals surface area contributed by atoms with Crippen LogP contribution in [0.5, 0.6) is 0 Å². The lowest BCUT2D eigenvalue weighted by Gasteiger charge is -2.33. The number of aliphatic imine (C=N–C) groups is 1. The molecular weight excluding hydrogens is 318 g/mol. The summed E-state index contributed by atoms with van der Waals surface area (Å²) in [5, 5.41) is 12.1. The van der Waals surface area contributed by atoms with Gasteiger partial charge in [-0.2, -0.15) is 0 Å². The summed E-state index contributed by atoms with van der Waals surface area (Å²) in [7, 11) is 0. The molecular formula is C19H21N3OS. The van der Waals surface area contributed by atoms with Crippen LogP contribution in [0.1, 0.15) is 18.1 Å². The normalized spacial score (nSPS) is 22.1. The van der Waals surface area contributed by atoms with Crippen LogP contribution in [0.15, 0.2) is 66.3 Å². The molecule has 1 unspecified atom stereocenters. The van der Waals surface area contributed by atoms with Gasteiger partial charge in [0.1, 0.15) is 0 Å². The first kappa shape index (κ1) is 16.7. The Morgan fingerprint density at radius 3 is 2.75 bits per heavy atom. The predicted molar refractivity (Wildman–Crippen MR) is 100 cm³/mol. The molecule has 0 aliphatic carbocycles. The van der Waals surface area contributed by atoms with Crippen molar-refractivity contribution in [2.24, 2.45) is 4.99 Å². The monoisotopic (exact) mass is 339 g/mol. The first-order valence-corrected chi connectivity index (χ1v) is 8.99. The fourth-order valence-corrected chi connectivity index (χ4v) is 3.89. The van der Waals surface area contributed by atoms with Gasteiger partial charge in [0.05, 0.1) is 5.75 Å². The van der Waals surface area contributed by atoms with E-state index in [0.717, 1.165) is 17.2 Å². The van der Waals surface area contributed by atoms with Gasteiger partial charge in [-0.05, 0) is 24.1 Å². The number of nitrogens with zero attached hydrogens (tertiary/aromatic N) is 3. The van der Waals surface area contributed by atoms with Gasteiger partial charge >= 0.3 is 0 Å². The molecule has 2 heterocycles. The van der Waals surface area contributed by atoms with Crippen LogP contribution in [0.4, 0.5) is 5.82 Å². The second kappa shape index (κ2) is 7.20. The second-order valence-corrected chi connectivity index (χ2v) is 6.58. The van der Waals surface area contributed by atoms with E-state index in [1.165, 1.54) is 17.3 Å². The van der Waals surface area contributed by atoms with E-state index in [1.807, 2.05) is 35.2 Å². The highest BCUT2D eigenvalue weighted by Gasteiger charge is 2.44. The number of aryl methyl sites for hydroxylation is 1. The lowest BCUT2D eigenvalue weighted by atomic mass is 10.0. The summed E-state index contributed by atoms with van der Waals surface area (Å²) >= 11 is 1.54. The van der Waals surface area contributed by atoms with E-state index < -0.39 is 5.72 Å². The first-order chi connectivity index (χ1) is 11.7. The molecule has 1 atom stereocenters. The predicted octanol–water partition coefficient (Wildman–Crippen LogP) is 3.71. The molecule has 3 rings (SSSR count). The number of rotatable bonds is 5. The molecule has 24 heavy (non-hydrogen) atoms. The quantitative estimate of drug-likeness (QED) is 0.844. The Hall–Kier alpha value is -2.11. The molecule has 4 nitrogen and oxygen atoms in total. The van der Waals surface area contributed by atoms with Gasteiger partial charge in [0.2, 0.25) is 0 Å². The van der Waals surface area contributed by atoms with Gasteiger partial charge in [-0.25, -0.2) is 9.98 Å². The third-order valence-corrected chi connectivity index (χ3v) is 5.19. The molecule has 2 aromatic rings. The largest absolute Gasteiger partial charge is 0.366 e. The Morgan fingerprint density at radius 2 is 2.12 bits per heavy atom. The minimum atomic E-state index is -1.08. The molecule has 1 N–H and O–H groups in total. The van der Waals surface area contributed by atoms with Gasteiger partial charge in [0.15, 0.2) is 16.7 Å². The Kier molecular flexibility index (Phi) is 5.02. The van der Waals surface area contributed by atoms with Crippen LogP contribution in [0, 0.1) is 0 Å². The molecule has 1 aromatic heterocycles. The first-order valence-electron chi connectivity index (χ1n) is 8.00. The second-order valence-electron chi connectivity index (χ2n) is 5.64. The average molecular weight is 339 g/mol. The van der Waals surface area contributed by atoms with E-state index in [9.17, 15) is 5.11 Å². The lowest BCUT2D eigenvalue weighted by Crippen LogP contribution is -2.45. The van der Waals surface area contributed by atoms with E-state index in [0.29, 0.717) is 18.1 Å². The van der Waals surface area contributed by atoms with Crippen molar-refractivity contribution in [2.75, 3.05) is 12.3 Å². The fourth-order valence-electron chi connectivity index (χ4n) is 2.69. The molecule has 5 heteroatoms. The third kappa shape index (κ3) is 3.23. The lowest BCUT2D eigenvalue weighted by molar-refractivity contribution is -0.0422. The number of amidine groups is 1. The molecule has 1 fully saturated rings. The molecule has 1 aliphatic heterocycles. The molecule has 0 spiro atoms. The summed E-state index contributed by atoms with van der Waals surface area (Å²) in [6.07, 6.45) is 4.48. The number of aromatic nitrogens is 1. The molecule has 1 aromatic carbocycles. The summed E-state index contributed by atoms with van der Waals surface area (Å²) in [6.45, 7) is 6.46. The van der Waals surface area contributed by atoms with Crippen LogP contribution in [0.3, 0.4) is 0 Å². The van der Waals surface area contributed by atoms with Crippen molar-refractivity contribution in [1.82, 2.24) is 9.88 Å². The maximum Gasteiger partial charge on any atom is 0.175 e. The van der Waals surface area contributed by atoms with E-state index in [-0.39, 0.29) is 0 Å². The van der Waals surface area contributed by atoms with Crippen molar-refractivity contribution in [3.63, 3.8) is 0 Å². The zero-order valence-corrected chi connectivity index (χ0v) is 14.5. The van der Waals surface area contributed by atoms with Gasteiger partial charge in [0, 0.05) is 18.3 Å². The Bertz CT molecular complexity index is 730. The van der Waals surface area contributed by atoms with E-state index >= 15 is 0 Å². The van der Waals surface area contributed by atoms with Gasteiger partial charge in [-0.15, -0.1) is 6.58 Å². The highest BCUT2D eigenvalue weighted by Crippen LogP contribution is 2.39. The summed E-state index contributed by atoms with van der Waals surface area (Å²) in [5.74, 6) is 1.16. The summed E-state index contributed by atoms with van der Waals surface area (Å²) in [4.78, 5) is 10.7. The number of hydrogen-bond acceptors (Lipinski definition) is 4. The maximum atomic E-state index is 11.3. The standard InChI is InChI=1S/C19H21N3OS/c1-3-13-22-18(21-17-7-5-6-12-20-17)24-14-19(22,23)16-10-8-15(4-2)9-11-16/h3,5-12,23H,1,4,13-14H2,2H3. The Balaban J connectivity index is 1.95. The highest BCUT2D eigenvalue weighted by atomic mass is 32.2. The Morgan fingerprint density at radius 1 is 1.33 bits per heavy atom. The zero-order chi connectivity index (χ0) is 17.0. The molecule has 0 amide bonds. The van der Waals surface area contributed by atoms with Crippen molar-refractivity contribution < 1.29 is 5.11 Å². The molecule has 1 saturated heterocycles. The van der Waals surface area contributed by atoms with Gasteiger partial charge in [-0.3, -0.25) is 0 Å². The summed E-state index contributed by atoms with van der Waals surface area (Å²) in [5.41, 5.74) is 1.05. The van der Waals surface area contributed by atoms with Crippen LogP contribution < -0.4 is 0 Å². The van der Waals surface area contributed by atoms with Crippen molar-refractivity contribution in [3.05, 3.63) is 72.4 Å². The fraction of sp³-hybridized carbons (Fsp3) is 0.263. The van der Waals surface area contributed by atoms with Crippen molar-refractivity contribution in [1.29, 1.82) is 0 Å². The minimum Gasteiger partial charge on any atom is -0.366 e. The zero-order valence-electron chi connectivity index (χ0n) is 13.7. The van der Waals surface area contributed by atoms with Crippen LogP contribution in [-0.2, 0) is 12.1 Å². The van der Waals surface area contributed by atoms with Crippen LogP contribution in [0.2, 0.25) is 0 Å². The van der Waals surface area contributed by atoms with Crippen molar-refractivity contribution in [3.8, 4) is 0 Å². The van der Waals surface area contributed by atoms with Crippen LogP contribution in [0.25, 0.3) is 0 Å². The van der Waals surface area contributed by atoms with Gasteiger partial charge < -0.3 is 10.0 Å². The van der Waals surface area contributed by atoms with Gasteiger partial charge in [-0.1, -0.05) is 55.1 Å². The molecule has 0 saturated carbocycles. The topological polar surface area (TPSA) is 48.7 Å². The van der Waals surface area contributed by atoms with E-state index in [2.05, 4.69) is 35.6 Å². The molecule has 1 aliphatic rings.